The molecule has 7 nitrogen and oxygen atoms in total. The third-order valence-electron chi connectivity index (χ3n) is 5.16. The number of rotatable bonds is 8. The van der Waals surface area contributed by atoms with E-state index in [1.807, 2.05) is 31.2 Å². The van der Waals surface area contributed by atoms with Crippen LogP contribution in [0.5, 0.6) is 11.5 Å². The van der Waals surface area contributed by atoms with Crippen LogP contribution in [-0.4, -0.2) is 35.6 Å². The zero-order valence-electron chi connectivity index (χ0n) is 18.4. The van der Waals surface area contributed by atoms with Crippen molar-refractivity contribution in [1.82, 2.24) is 5.32 Å². The summed E-state index contributed by atoms with van der Waals surface area (Å²) in [6, 6.07) is 19.8. The van der Waals surface area contributed by atoms with Gasteiger partial charge in [0.25, 0.3) is 15.9 Å². The van der Waals surface area contributed by atoms with Gasteiger partial charge in [-0.05, 0) is 61.5 Å². The molecular weight excluding hydrogens is 428 g/mol. The Labute approximate surface area is 188 Å². The number of amides is 1. The fourth-order valence-corrected chi connectivity index (χ4v) is 4.44. The average molecular weight is 455 g/mol. The van der Waals surface area contributed by atoms with Gasteiger partial charge in [-0.15, -0.1) is 0 Å². The Hall–Kier alpha value is -3.52. The van der Waals surface area contributed by atoms with E-state index in [1.54, 1.807) is 43.5 Å². The third kappa shape index (κ3) is 4.86. The molecule has 0 heterocycles. The summed E-state index contributed by atoms with van der Waals surface area (Å²) < 4.78 is 37.4. The number of anilines is 1. The van der Waals surface area contributed by atoms with Gasteiger partial charge in [0.1, 0.15) is 11.5 Å². The number of nitrogens with one attached hydrogen (secondary N) is 1. The van der Waals surface area contributed by atoms with E-state index in [0.29, 0.717) is 22.7 Å². The second kappa shape index (κ2) is 9.74. The lowest BCUT2D eigenvalue weighted by molar-refractivity contribution is 0.0939. The van der Waals surface area contributed by atoms with Gasteiger partial charge in [0.05, 0.1) is 30.8 Å². The normalized spacial score (nSPS) is 12.0. The molecule has 1 atom stereocenters. The Balaban J connectivity index is 1.74. The highest BCUT2D eigenvalue weighted by Gasteiger charge is 2.22. The van der Waals surface area contributed by atoms with Gasteiger partial charge in [0, 0.05) is 18.2 Å². The van der Waals surface area contributed by atoms with Crippen molar-refractivity contribution < 1.29 is 22.7 Å². The van der Waals surface area contributed by atoms with Gasteiger partial charge in [-0.2, -0.15) is 0 Å². The van der Waals surface area contributed by atoms with Crippen LogP contribution in [0.15, 0.2) is 77.7 Å². The van der Waals surface area contributed by atoms with Gasteiger partial charge in [-0.3, -0.25) is 9.10 Å². The summed E-state index contributed by atoms with van der Waals surface area (Å²) in [6.07, 6.45) is 0. The smallest absolute Gasteiger partial charge is 0.264 e. The first-order valence-corrected chi connectivity index (χ1v) is 11.4. The molecule has 0 aromatic heterocycles. The molecule has 0 fully saturated rings. The molecular formula is C24H26N2O5S. The van der Waals surface area contributed by atoms with Crippen molar-refractivity contribution in [1.29, 1.82) is 0 Å². The Kier molecular flexibility index (Phi) is 7.05. The Morgan fingerprint density at radius 3 is 2.12 bits per heavy atom. The molecule has 0 saturated carbocycles. The van der Waals surface area contributed by atoms with E-state index in [2.05, 4.69) is 5.32 Å². The molecule has 32 heavy (non-hydrogen) atoms. The second-order valence-electron chi connectivity index (χ2n) is 7.13. The van der Waals surface area contributed by atoms with Crippen LogP contribution in [0.1, 0.15) is 28.9 Å². The van der Waals surface area contributed by atoms with Gasteiger partial charge < -0.3 is 14.8 Å². The first-order valence-electron chi connectivity index (χ1n) is 9.94. The summed E-state index contributed by atoms with van der Waals surface area (Å²) in [5.41, 5.74) is 1.73. The number of hydrogen-bond donors (Lipinski definition) is 1. The Bertz CT molecular complexity index is 1180. The third-order valence-corrected chi connectivity index (χ3v) is 6.96. The molecule has 3 aromatic carbocycles. The number of methoxy groups -OCH3 is 2. The molecule has 1 amide bonds. The molecule has 0 aliphatic rings. The molecule has 0 radical (unpaired) electrons. The van der Waals surface area contributed by atoms with Gasteiger partial charge in [0.2, 0.25) is 0 Å². The van der Waals surface area contributed by atoms with Crippen molar-refractivity contribution in [2.45, 2.75) is 17.9 Å². The molecule has 168 valence electrons. The van der Waals surface area contributed by atoms with Crippen molar-refractivity contribution in [2.75, 3.05) is 25.6 Å². The summed E-state index contributed by atoms with van der Waals surface area (Å²) in [5.74, 6) is 1.00. The van der Waals surface area contributed by atoms with E-state index < -0.39 is 10.0 Å². The lowest BCUT2D eigenvalue weighted by Crippen LogP contribution is -2.28. The summed E-state index contributed by atoms with van der Waals surface area (Å²) in [4.78, 5) is 12.8. The van der Waals surface area contributed by atoms with Gasteiger partial charge in [0.15, 0.2) is 0 Å². The minimum atomic E-state index is -3.75. The topological polar surface area (TPSA) is 84.9 Å². The van der Waals surface area contributed by atoms with Crippen LogP contribution in [0.25, 0.3) is 0 Å². The SMILES string of the molecule is COc1ccc(S(=O)(=O)N(C)c2ccc(C(=O)N[C@@H](C)c3ccccc3OC)cc2)cc1. The number of carbonyl (C=O) groups excluding carboxylic acids is 1. The van der Waals surface area contributed by atoms with Crippen LogP contribution in [0, 0.1) is 0 Å². The van der Waals surface area contributed by atoms with Crippen LogP contribution in [-0.2, 0) is 10.0 Å². The first kappa shape index (κ1) is 23.1. The highest BCUT2D eigenvalue weighted by Crippen LogP contribution is 2.26. The lowest BCUT2D eigenvalue weighted by atomic mass is 10.1. The molecule has 1 N–H and O–H groups in total. The molecule has 0 unspecified atom stereocenters. The zero-order valence-corrected chi connectivity index (χ0v) is 19.2. The number of hydrogen-bond acceptors (Lipinski definition) is 5. The molecule has 0 aliphatic heterocycles. The highest BCUT2D eigenvalue weighted by atomic mass is 32.2. The quantitative estimate of drug-likeness (QED) is 0.556. The fourth-order valence-electron chi connectivity index (χ4n) is 3.25. The molecule has 8 heteroatoms. The molecule has 3 aromatic rings. The minimum Gasteiger partial charge on any atom is -0.497 e. The molecule has 0 saturated heterocycles. The van der Waals surface area contributed by atoms with Crippen molar-refractivity contribution >= 4 is 21.6 Å². The Morgan fingerprint density at radius 2 is 1.53 bits per heavy atom. The van der Waals surface area contributed by atoms with Gasteiger partial charge >= 0.3 is 0 Å². The average Bonchev–Trinajstić information content (AvgIpc) is 2.83. The van der Waals surface area contributed by atoms with E-state index in [0.717, 1.165) is 5.56 Å². The van der Waals surface area contributed by atoms with Crippen LogP contribution in [0.2, 0.25) is 0 Å². The maximum Gasteiger partial charge on any atom is 0.264 e. The number of benzene rings is 3. The predicted molar refractivity (Wildman–Crippen MR) is 124 cm³/mol. The van der Waals surface area contributed by atoms with Crippen LogP contribution >= 0.6 is 0 Å². The van der Waals surface area contributed by atoms with Crippen molar-refractivity contribution in [3.63, 3.8) is 0 Å². The van der Waals surface area contributed by atoms with Crippen molar-refractivity contribution in [2.24, 2.45) is 0 Å². The largest absolute Gasteiger partial charge is 0.497 e. The van der Waals surface area contributed by atoms with Crippen molar-refractivity contribution in [3.05, 3.63) is 83.9 Å². The monoisotopic (exact) mass is 454 g/mol. The van der Waals surface area contributed by atoms with Gasteiger partial charge in [-0.1, -0.05) is 18.2 Å². The maximum absolute atomic E-state index is 12.9. The summed E-state index contributed by atoms with van der Waals surface area (Å²) >= 11 is 0. The van der Waals surface area contributed by atoms with E-state index in [9.17, 15) is 13.2 Å². The predicted octanol–water partition coefficient (Wildman–Crippen LogP) is 4.02. The van der Waals surface area contributed by atoms with Crippen LogP contribution < -0.4 is 19.1 Å². The number of para-hydroxylation sites is 1. The van der Waals surface area contributed by atoms with E-state index in [4.69, 9.17) is 9.47 Å². The van der Waals surface area contributed by atoms with Gasteiger partial charge in [-0.25, -0.2) is 8.42 Å². The molecule has 0 bridgehead atoms. The summed E-state index contributed by atoms with van der Waals surface area (Å²) in [6.45, 7) is 1.87. The van der Waals surface area contributed by atoms with Crippen molar-refractivity contribution in [3.8, 4) is 11.5 Å². The second-order valence-corrected chi connectivity index (χ2v) is 9.10. The van der Waals surface area contributed by atoms with Crippen LogP contribution in [0.4, 0.5) is 5.69 Å². The number of carbonyl (C=O) groups is 1. The number of ether oxygens (including phenoxy) is 2. The lowest BCUT2D eigenvalue weighted by Gasteiger charge is -2.20. The van der Waals surface area contributed by atoms with E-state index in [1.165, 1.54) is 30.6 Å². The standard InChI is InChI=1S/C24H26N2O5S/c1-17(22-7-5-6-8-23(22)31-4)25-24(27)18-9-11-19(12-10-18)26(2)32(28,29)21-15-13-20(30-3)14-16-21/h5-17H,1-4H3,(H,25,27)/t17-/m0/s1. The highest BCUT2D eigenvalue weighted by molar-refractivity contribution is 7.92. The molecule has 3 rings (SSSR count). The maximum atomic E-state index is 12.9. The number of nitrogens with zero attached hydrogens (tertiary/aromatic N) is 1. The van der Waals surface area contributed by atoms with E-state index >= 15 is 0 Å². The Morgan fingerprint density at radius 1 is 0.906 bits per heavy atom. The first-order chi connectivity index (χ1) is 15.3. The summed E-state index contributed by atoms with van der Waals surface area (Å²) in [7, 11) is 0.825. The minimum absolute atomic E-state index is 0.147. The van der Waals surface area contributed by atoms with Crippen LogP contribution in [0.3, 0.4) is 0 Å². The van der Waals surface area contributed by atoms with E-state index in [-0.39, 0.29) is 16.8 Å². The fraction of sp³-hybridized carbons (Fsp3) is 0.208. The summed E-state index contributed by atoms with van der Waals surface area (Å²) in [5, 5.41) is 2.94. The zero-order chi connectivity index (χ0) is 23.3. The molecule has 0 spiro atoms. The molecule has 0 aliphatic carbocycles. The number of sulfonamides is 1.